The van der Waals surface area contributed by atoms with Gasteiger partial charge in [0.05, 0.1) is 121 Å². The van der Waals surface area contributed by atoms with Gasteiger partial charge in [-0.3, -0.25) is 33.3 Å². The summed E-state index contributed by atoms with van der Waals surface area (Å²) >= 11 is 4.21. The third kappa shape index (κ3) is 15.4. The SMILES string of the molecule is C.C#Cc1ccc2sc3c(C#N)cc4c(=O)n(-c5c(C(C)C)cccc5C(C)C)c(=O)c5cc(C#N)c(c2c1)c3c45.CC(C)c1cccc(C(C)C)c1-n1c(=O)c2cc(C#N)c3sc4ccccc4c4c(C#N)cc(c1=O)c2c34.CCCCCCCCCCCCCCCCCCn1c(=O)c2cc(C#N)c3sc4ccc(C#N)cc4c4c(C#N)cc(c1=O)c2c34. The number of nitriles is 7. The number of fused-ring (bicyclic) bond motifs is 6. The Morgan fingerprint density at radius 3 is 0.928 bits per heavy atom. The zero-order valence-corrected chi connectivity index (χ0v) is 73.2. The molecule has 11 aromatic carbocycles. The summed E-state index contributed by atoms with van der Waals surface area (Å²) in [7, 11) is 0. The first-order valence-corrected chi connectivity index (χ1v) is 45.1. The molecule has 0 N–H and O–H groups in total. The lowest BCUT2D eigenvalue weighted by atomic mass is 9.90. The van der Waals surface area contributed by atoms with Crippen molar-refractivity contribution in [1.82, 2.24) is 13.7 Å². The number of terminal acetylenes is 1. The quantitative estimate of drug-likeness (QED) is 0.0249. The van der Waals surface area contributed by atoms with Gasteiger partial charge in [-0.2, -0.15) is 36.8 Å². The van der Waals surface area contributed by atoms with Gasteiger partial charge < -0.3 is 0 Å². The fourth-order valence-electron chi connectivity index (χ4n) is 18.4. The van der Waals surface area contributed by atoms with E-state index >= 15 is 0 Å². The summed E-state index contributed by atoms with van der Waals surface area (Å²) in [6.07, 6.45) is 25.7. The average Bonchev–Trinajstić information content (AvgIpc) is 0.704. The molecule has 19 heteroatoms. The Kier molecular flexibility index (Phi) is 25.8. The van der Waals surface area contributed by atoms with E-state index in [-0.39, 0.29) is 41.9 Å². The maximum Gasteiger partial charge on any atom is 0.266 e. The molecule has 0 saturated carbocycles. The number of rotatable bonds is 23. The van der Waals surface area contributed by atoms with Crippen LogP contribution in [0.4, 0.5) is 0 Å². The first-order chi connectivity index (χ1) is 60.0. The summed E-state index contributed by atoms with van der Waals surface area (Å²) in [6, 6.07) is 55.6. The maximum absolute atomic E-state index is 14.4. The van der Waals surface area contributed by atoms with Crippen LogP contribution in [0.2, 0.25) is 0 Å². The smallest absolute Gasteiger partial charge is 0.266 e. The number of unbranched alkanes of at least 4 members (excludes halogenated alkanes) is 15. The van der Waals surface area contributed by atoms with Crippen molar-refractivity contribution in [1.29, 1.82) is 36.8 Å². The van der Waals surface area contributed by atoms with Crippen LogP contribution in [0.5, 0.6) is 0 Å². The molecule has 0 spiro atoms. The summed E-state index contributed by atoms with van der Waals surface area (Å²) in [5.74, 6) is 2.88. The Bertz CT molecular complexity index is 7890. The van der Waals surface area contributed by atoms with Gasteiger partial charge in [-0.15, -0.1) is 40.4 Å². The van der Waals surface area contributed by atoms with Crippen LogP contribution >= 0.6 is 34.0 Å². The van der Waals surface area contributed by atoms with Crippen LogP contribution in [-0.4, -0.2) is 13.7 Å². The molecule has 0 radical (unpaired) electrons. The highest BCUT2D eigenvalue weighted by atomic mass is 32.1. The standard InChI is InChI=1S/C39H42N4O2S.C34H23N3O2S.C32H23N3O2S.CH4/c1-2-3-4-5-6-7-8-9-10-11-12-13-14-15-16-17-20-43-38(44)31-22-28(25-41)34-30-21-27(24-40)18-19-33(30)46-37-29(26-42)23-32(39(43)45)35(31)36(34)37;1-6-19-10-11-27-24(12-19)28-20(15-35)13-25-29-26(14-21(16-36)32(40-27)30(28)29)34(39)37(33(25)38)31-22(17(2)3)8-7-9-23(31)18(4)5;1-16(2)20-9-7-10-21(17(3)4)29(20)35-31(36)23-12-18(14-33)26-22-8-5-6-11-25(22)38-30-19(15-34)13-24(32(35)37)27(23)28(26)30;/h18-19,21-23H,2-17,20H2,1H3;1,7-14,17-18H,2-5H3;5-13,16-17H,1-4H3;1H4. The molecule has 0 atom stereocenters. The molecule has 0 amide bonds. The Hall–Kier alpha value is -13.7. The minimum absolute atomic E-state index is 0. The van der Waals surface area contributed by atoms with Gasteiger partial charge in [0, 0.05) is 90.8 Å². The lowest BCUT2D eigenvalue weighted by Crippen LogP contribution is -2.34. The molecule has 125 heavy (non-hydrogen) atoms. The van der Waals surface area contributed by atoms with Crippen molar-refractivity contribution in [2.24, 2.45) is 0 Å². The number of pyridine rings is 3. The monoisotopic (exact) mass is 1700 g/mol. The summed E-state index contributed by atoms with van der Waals surface area (Å²) < 4.78 is 8.38. The molecular weight excluding hydrogens is 1610 g/mol. The predicted octanol–water partition coefficient (Wildman–Crippen LogP) is 25.4. The zero-order chi connectivity index (χ0) is 87.8. The summed E-state index contributed by atoms with van der Waals surface area (Å²) in [5.41, 5.74) is 5.21. The van der Waals surface area contributed by atoms with Gasteiger partial charge in [-0.25, -0.2) is 9.13 Å². The van der Waals surface area contributed by atoms with Crippen molar-refractivity contribution in [3.05, 3.63) is 262 Å². The minimum Gasteiger partial charge on any atom is -0.274 e. The second-order valence-corrected chi connectivity index (χ2v) is 36.6. The van der Waals surface area contributed by atoms with E-state index in [1.807, 2.05) is 140 Å². The van der Waals surface area contributed by atoms with Crippen LogP contribution in [0.15, 0.2) is 162 Å². The normalized spacial score (nSPS) is 11.5. The third-order valence-corrected chi connectivity index (χ3v) is 28.0. The van der Waals surface area contributed by atoms with Gasteiger partial charge in [0.1, 0.15) is 18.2 Å². The molecule has 17 aromatic rings. The van der Waals surface area contributed by atoms with E-state index in [1.165, 1.54) is 125 Å². The van der Waals surface area contributed by atoms with Gasteiger partial charge >= 0.3 is 0 Å². The van der Waals surface area contributed by atoms with Crippen molar-refractivity contribution < 1.29 is 0 Å². The van der Waals surface area contributed by atoms with Gasteiger partial charge in [0.25, 0.3) is 33.4 Å². The van der Waals surface area contributed by atoms with Gasteiger partial charge in [0.2, 0.25) is 0 Å². The molecule has 6 heterocycles. The van der Waals surface area contributed by atoms with E-state index in [1.54, 1.807) is 48.5 Å². The fraction of sp³-hybridized carbons (Fsp3) is 0.292. The van der Waals surface area contributed by atoms with E-state index in [0.717, 1.165) is 72.8 Å². The number of aromatic nitrogens is 3. The highest BCUT2D eigenvalue weighted by Gasteiger charge is 2.31. The van der Waals surface area contributed by atoms with Crippen molar-refractivity contribution >= 4 is 159 Å². The molecule has 6 aromatic heterocycles. The van der Waals surface area contributed by atoms with Crippen molar-refractivity contribution in [2.75, 3.05) is 0 Å². The second-order valence-electron chi connectivity index (χ2n) is 33.5. The fourth-order valence-corrected chi connectivity index (χ4v) is 21.9. The van der Waals surface area contributed by atoms with E-state index in [0.29, 0.717) is 152 Å². The number of para-hydroxylation sites is 2. The van der Waals surface area contributed by atoms with Crippen molar-refractivity contribution in [2.45, 2.75) is 203 Å². The molecular formula is C106H92N10O6S3. The Balaban J connectivity index is 0.000000152. The van der Waals surface area contributed by atoms with Crippen molar-refractivity contribution in [3.63, 3.8) is 0 Å². The highest BCUT2D eigenvalue weighted by Crippen LogP contribution is 2.48. The van der Waals surface area contributed by atoms with Crippen LogP contribution in [-0.2, 0) is 6.54 Å². The molecule has 16 nitrogen and oxygen atoms in total. The molecule has 0 aliphatic heterocycles. The number of hydrogen-bond acceptors (Lipinski definition) is 16. The molecule has 0 bridgehead atoms. The van der Waals surface area contributed by atoms with Crippen molar-refractivity contribution in [3.8, 4) is 66.2 Å². The molecule has 0 unspecified atom stereocenters. The van der Waals surface area contributed by atoms with E-state index < -0.39 is 33.4 Å². The van der Waals surface area contributed by atoms with Crippen LogP contribution in [0.25, 0.3) is 137 Å². The predicted molar refractivity (Wildman–Crippen MR) is 514 cm³/mol. The first kappa shape index (κ1) is 87.6. The van der Waals surface area contributed by atoms with Gasteiger partial charge in [0.15, 0.2) is 0 Å². The zero-order valence-electron chi connectivity index (χ0n) is 70.8. The Labute approximate surface area is 735 Å². The molecule has 620 valence electrons. The summed E-state index contributed by atoms with van der Waals surface area (Å²) in [5, 5.41) is 80.0. The van der Waals surface area contributed by atoms with Gasteiger partial charge in [-0.05, 0) is 131 Å². The molecule has 0 fully saturated rings. The van der Waals surface area contributed by atoms with Crippen LogP contribution in [0, 0.1) is 91.7 Å². The number of nitrogens with zero attached hydrogens (tertiary/aromatic N) is 10. The molecule has 0 aliphatic rings. The third-order valence-electron chi connectivity index (χ3n) is 24.4. The first-order valence-electron chi connectivity index (χ1n) is 42.6. The lowest BCUT2D eigenvalue weighted by Gasteiger charge is -2.22. The van der Waals surface area contributed by atoms with Gasteiger partial charge in [-0.1, -0.05) is 227 Å². The topological polar surface area (TPSA) is 284 Å². The molecule has 0 aliphatic carbocycles. The highest BCUT2D eigenvalue weighted by molar-refractivity contribution is 7.26. The maximum atomic E-state index is 14.4. The van der Waals surface area contributed by atoms with Crippen LogP contribution < -0.4 is 33.4 Å². The van der Waals surface area contributed by atoms with E-state index in [2.05, 4.69) is 55.3 Å². The second kappa shape index (κ2) is 36.8. The van der Waals surface area contributed by atoms with Crippen LogP contribution in [0.1, 0.15) is 263 Å². The van der Waals surface area contributed by atoms with E-state index in [4.69, 9.17) is 6.42 Å². The van der Waals surface area contributed by atoms with Crippen LogP contribution in [0.3, 0.4) is 0 Å². The number of benzene rings is 11. The molecule has 17 rings (SSSR count). The summed E-state index contributed by atoms with van der Waals surface area (Å²) in [4.78, 5) is 84.9. The number of hydrogen-bond donors (Lipinski definition) is 0. The minimum atomic E-state index is -0.473. The summed E-state index contributed by atoms with van der Waals surface area (Å²) in [6.45, 7) is 18.8. The lowest BCUT2D eigenvalue weighted by molar-refractivity contribution is 0.517. The Morgan fingerprint density at radius 1 is 0.304 bits per heavy atom. The largest absolute Gasteiger partial charge is 0.274 e. The Morgan fingerprint density at radius 2 is 0.600 bits per heavy atom. The molecule has 0 saturated heterocycles. The van der Waals surface area contributed by atoms with E-state index in [9.17, 15) is 65.6 Å². The average molecular weight is 1700 g/mol.